The van der Waals surface area contributed by atoms with Crippen LogP contribution >= 0.6 is 34.3 Å². The number of nitrogens with zero attached hydrogens (tertiary/aromatic N) is 4. The fraction of sp³-hybridized carbons (Fsp3) is 0.280. The summed E-state index contributed by atoms with van der Waals surface area (Å²) in [7, 11) is 0. The lowest BCUT2D eigenvalue weighted by Crippen LogP contribution is -2.40. The van der Waals surface area contributed by atoms with Gasteiger partial charge in [0.05, 0.1) is 27.7 Å². The molecular formula is C25H23ClFN5O3S2. The van der Waals surface area contributed by atoms with E-state index in [4.69, 9.17) is 11.6 Å². The number of halogens is 2. The second-order valence-electron chi connectivity index (χ2n) is 8.61. The summed E-state index contributed by atoms with van der Waals surface area (Å²) in [5.41, 5.74) is 0.00449. The Morgan fingerprint density at radius 3 is 2.62 bits per heavy atom. The summed E-state index contributed by atoms with van der Waals surface area (Å²) >= 11 is 8.81. The van der Waals surface area contributed by atoms with Gasteiger partial charge in [0, 0.05) is 35.5 Å². The Morgan fingerprint density at radius 1 is 1.11 bits per heavy atom. The SMILES string of the molecule is O=C(Cn1c(F)c(-c2cc(NCc3ccc(Cl)s3)n(C(=O)c3ccsc3)n2)ccc1=O)N1CCCCC1. The summed E-state index contributed by atoms with van der Waals surface area (Å²) in [6, 6.07) is 9.43. The van der Waals surface area contributed by atoms with Crippen LogP contribution in [0.15, 0.2) is 52.0 Å². The highest BCUT2D eigenvalue weighted by atomic mass is 35.5. The number of piperidine rings is 1. The molecule has 0 atom stereocenters. The van der Waals surface area contributed by atoms with Crippen molar-refractivity contribution < 1.29 is 14.0 Å². The van der Waals surface area contributed by atoms with Gasteiger partial charge in [-0.05, 0) is 48.9 Å². The Morgan fingerprint density at radius 2 is 1.92 bits per heavy atom. The molecule has 4 aromatic rings. The number of pyridine rings is 1. The van der Waals surface area contributed by atoms with Crippen LogP contribution in [0.1, 0.15) is 34.5 Å². The first-order valence-electron chi connectivity index (χ1n) is 11.7. The minimum atomic E-state index is -0.873. The number of aromatic nitrogens is 3. The minimum absolute atomic E-state index is 0.0186. The van der Waals surface area contributed by atoms with E-state index in [9.17, 15) is 14.4 Å². The number of anilines is 1. The molecule has 5 heterocycles. The Bertz CT molecular complexity index is 1490. The van der Waals surface area contributed by atoms with Gasteiger partial charge in [0.15, 0.2) is 0 Å². The Hall–Kier alpha value is -3.28. The van der Waals surface area contributed by atoms with Gasteiger partial charge in [0.2, 0.25) is 11.9 Å². The number of hydrogen-bond donors (Lipinski definition) is 1. The number of nitrogens with one attached hydrogen (secondary N) is 1. The largest absolute Gasteiger partial charge is 0.365 e. The molecule has 37 heavy (non-hydrogen) atoms. The standard InChI is InChI=1S/C25H23ClFN5O3S2/c26-20-6-4-17(37-20)13-28-21-12-19(29-32(21)25(35)16-8-11-36-15-16)18-5-7-22(33)31(24(18)27)14-23(34)30-9-2-1-3-10-30/h4-8,11-12,15,28H,1-3,9-10,13-14H2. The first-order chi connectivity index (χ1) is 17.9. The highest BCUT2D eigenvalue weighted by Crippen LogP contribution is 2.27. The molecule has 1 fully saturated rings. The Labute approximate surface area is 224 Å². The maximum Gasteiger partial charge on any atom is 0.280 e. The van der Waals surface area contributed by atoms with Crippen LogP contribution in [0.2, 0.25) is 4.34 Å². The van der Waals surface area contributed by atoms with E-state index in [1.807, 2.05) is 6.07 Å². The molecule has 8 nitrogen and oxygen atoms in total. The lowest BCUT2D eigenvalue weighted by molar-refractivity contribution is -0.132. The average Bonchev–Trinajstić information content (AvgIpc) is 3.67. The third-order valence-corrected chi connectivity index (χ3v) is 8.05. The van der Waals surface area contributed by atoms with Crippen LogP contribution < -0.4 is 10.9 Å². The molecule has 0 spiro atoms. The predicted molar refractivity (Wildman–Crippen MR) is 143 cm³/mol. The Balaban J connectivity index is 1.48. The van der Waals surface area contributed by atoms with Crippen molar-refractivity contribution in [2.45, 2.75) is 32.4 Å². The van der Waals surface area contributed by atoms with Gasteiger partial charge >= 0.3 is 0 Å². The number of hydrogen-bond acceptors (Lipinski definition) is 7. The second kappa shape index (κ2) is 11.0. The van der Waals surface area contributed by atoms with E-state index < -0.39 is 18.1 Å². The molecule has 1 aliphatic heterocycles. The third kappa shape index (κ3) is 5.53. The highest BCUT2D eigenvalue weighted by molar-refractivity contribution is 7.16. The van der Waals surface area contributed by atoms with Crippen molar-refractivity contribution in [2.75, 3.05) is 18.4 Å². The number of amides is 1. The topological polar surface area (TPSA) is 89.2 Å². The van der Waals surface area contributed by atoms with Crippen molar-refractivity contribution >= 4 is 51.9 Å². The number of rotatable bonds is 7. The maximum absolute atomic E-state index is 15.6. The maximum atomic E-state index is 15.6. The summed E-state index contributed by atoms with van der Waals surface area (Å²) in [4.78, 5) is 41.0. The van der Waals surface area contributed by atoms with Crippen LogP contribution in [0, 0.1) is 5.95 Å². The van der Waals surface area contributed by atoms with Gasteiger partial charge in [0.1, 0.15) is 12.4 Å². The van der Waals surface area contributed by atoms with Gasteiger partial charge in [-0.1, -0.05) is 11.6 Å². The quantitative estimate of drug-likeness (QED) is 0.324. The van der Waals surface area contributed by atoms with Crippen molar-refractivity contribution in [3.05, 3.63) is 78.2 Å². The molecule has 1 N–H and O–H groups in total. The van der Waals surface area contributed by atoms with Crippen molar-refractivity contribution in [3.63, 3.8) is 0 Å². The van der Waals surface area contributed by atoms with Crippen molar-refractivity contribution in [3.8, 4) is 11.3 Å². The molecule has 12 heteroatoms. The summed E-state index contributed by atoms with van der Waals surface area (Å²) < 4.78 is 18.3. The smallest absolute Gasteiger partial charge is 0.280 e. The van der Waals surface area contributed by atoms with E-state index in [-0.39, 0.29) is 23.1 Å². The molecule has 0 aromatic carbocycles. The van der Waals surface area contributed by atoms with E-state index in [1.54, 1.807) is 33.9 Å². The molecule has 0 unspecified atom stereocenters. The molecule has 1 saturated heterocycles. The second-order valence-corrected chi connectivity index (χ2v) is 11.2. The van der Waals surface area contributed by atoms with Gasteiger partial charge < -0.3 is 10.2 Å². The fourth-order valence-corrected chi connectivity index (χ4v) is 5.86. The summed E-state index contributed by atoms with van der Waals surface area (Å²) in [5.74, 6) is -1.19. The number of carbonyl (C=O) groups is 2. The van der Waals surface area contributed by atoms with Crippen LogP contribution in [0.3, 0.4) is 0 Å². The van der Waals surface area contributed by atoms with E-state index in [0.717, 1.165) is 28.7 Å². The van der Waals surface area contributed by atoms with E-state index in [1.165, 1.54) is 39.5 Å². The van der Waals surface area contributed by atoms with Crippen LogP contribution in [-0.4, -0.2) is 44.2 Å². The zero-order valence-corrected chi connectivity index (χ0v) is 22.0. The average molecular weight is 560 g/mol. The summed E-state index contributed by atoms with van der Waals surface area (Å²) in [6.07, 6.45) is 2.84. The highest BCUT2D eigenvalue weighted by Gasteiger charge is 2.23. The molecule has 1 aliphatic rings. The van der Waals surface area contributed by atoms with Crippen LogP contribution in [0.5, 0.6) is 0 Å². The molecule has 5 rings (SSSR count). The van der Waals surface area contributed by atoms with Gasteiger partial charge in [-0.25, -0.2) is 0 Å². The zero-order chi connectivity index (χ0) is 25.9. The number of thiophene rings is 2. The molecule has 1 amide bonds. The van der Waals surface area contributed by atoms with Gasteiger partial charge in [-0.3, -0.25) is 19.0 Å². The monoisotopic (exact) mass is 559 g/mol. The lowest BCUT2D eigenvalue weighted by Gasteiger charge is -2.27. The van der Waals surface area contributed by atoms with Crippen LogP contribution in [-0.2, 0) is 17.9 Å². The molecular weight excluding hydrogens is 537 g/mol. The van der Waals surface area contributed by atoms with Crippen LogP contribution in [0.4, 0.5) is 10.2 Å². The summed E-state index contributed by atoms with van der Waals surface area (Å²) in [5, 5.41) is 11.1. The third-order valence-electron chi connectivity index (χ3n) is 6.14. The first kappa shape index (κ1) is 25.4. The molecule has 4 aromatic heterocycles. The molecule has 0 bridgehead atoms. The van der Waals surface area contributed by atoms with Crippen molar-refractivity contribution in [1.29, 1.82) is 0 Å². The molecule has 0 radical (unpaired) electrons. The molecule has 0 saturated carbocycles. The molecule has 192 valence electrons. The predicted octanol–water partition coefficient (Wildman–Crippen LogP) is 4.94. The van der Waals surface area contributed by atoms with E-state index in [2.05, 4.69) is 10.4 Å². The normalized spacial score (nSPS) is 13.6. The number of carbonyl (C=O) groups excluding carboxylic acids is 2. The van der Waals surface area contributed by atoms with E-state index in [0.29, 0.717) is 35.4 Å². The van der Waals surface area contributed by atoms with Gasteiger partial charge in [-0.15, -0.1) is 11.3 Å². The number of likely N-dealkylation sites (tertiary alicyclic amines) is 1. The zero-order valence-electron chi connectivity index (χ0n) is 19.7. The summed E-state index contributed by atoms with van der Waals surface area (Å²) in [6.45, 7) is 1.20. The fourth-order valence-electron chi connectivity index (χ4n) is 4.20. The van der Waals surface area contributed by atoms with Gasteiger partial charge in [-0.2, -0.15) is 25.5 Å². The van der Waals surface area contributed by atoms with Crippen molar-refractivity contribution in [1.82, 2.24) is 19.2 Å². The minimum Gasteiger partial charge on any atom is -0.365 e. The van der Waals surface area contributed by atoms with Crippen molar-refractivity contribution in [2.24, 2.45) is 0 Å². The molecule has 0 aliphatic carbocycles. The lowest BCUT2D eigenvalue weighted by atomic mass is 10.1. The van der Waals surface area contributed by atoms with Crippen LogP contribution in [0.25, 0.3) is 11.3 Å². The first-order valence-corrected chi connectivity index (χ1v) is 13.9. The Kier molecular flexibility index (Phi) is 7.54. The van der Waals surface area contributed by atoms with Gasteiger partial charge in [0.25, 0.3) is 11.5 Å². The van der Waals surface area contributed by atoms with E-state index >= 15 is 4.39 Å².